The minimum atomic E-state index is -0.213. The summed E-state index contributed by atoms with van der Waals surface area (Å²) in [4.78, 5) is 0. The first kappa shape index (κ1) is 10.5. The van der Waals surface area contributed by atoms with Crippen LogP contribution in [0.5, 0.6) is 0 Å². The molecule has 0 saturated carbocycles. The average molecular weight is 223 g/mol. The largest absolute Gasteiger partial charge is 0.321 e. The Labute approximate surface area is 102 Å². The maximum atomic E-state index is 6.63. The Morgan fingerprint density at radius 2 is 1.41 bits per heavy atom. The molecule has 0 spiro atoms. The van der Waals surface area contributed by atoms with E-state index in [0.717, 1.165) is 12.8 Å². The second-order valence-corrected chi connectivity index (χ2v) is 5.09. The third-order valence-corrected chi connectivity index (χ3v) is 3.81. The molecule has 0 aromatic heterocycles. The van der Waals surface area contributed by atoms with E-state index in [4.69, 9.17) is 5.73 Å². The van der Waals surface area contributed by atoms with Crippen molar-refractivity contribution < 1.29 is 0 Å². The second-order valence-electron chi connectivity index (χ2n) is 5.09. The minimum absolute atomic E-state index is 0.213. The molecule has 1 nitrogen and oxygen atoms in total. The SMILES string of the molecule is Cc1ccccc1C1(N)Cc2ccccc2C1. The van der Waals surface area contributed by atoms with Gasteiger partial charge in [-0.3, -0.25) is 0 Å². The Bertz CT molecular complexity index is 532. The number of nitrogens with two attached hydrogens (primary N) is 1. The molecule has 0 amide bonds. The predicted octanol–water partition coefficient (Wildman–Crippen LogP) is 2.95. The van der Waals surface area contributed by atoms with Crippen LogP contribution in [0, 0.1) is 6.92 Å². The first-order valence-corrected chi connectivity index (χ1v) is 6.11. The highest BCUT2D eigenvalue weighted by Crippen LogP contribution is 2.36. The Morgan fingerprint density at radius 1 is 0.882 bits per heavy atom. The third-order valence-electron chi connectivity index (χ3n) is 3.81. The quantitative estimate of drug-likeness (QED) is 0.790. The smallest absolute Gasteiger partial charge is 0.0494 e. The molecule has 2 aromatic rings. The molecule has 3 rings (SSSR count). The normalized spacial score (nSPS) is 16.8. The lowest BCUT2D eigenvalue weighted by atomic mass is 9.85. The molecular formula is C16H17N. The molecule has 0 atom stereocenters. The molecule has 1 heteroatoms. The predicted molar refractivity (Wildman–Crippen MR) is 70.9 cm³/mol. The summed E-state index contributed by atoms with van der Waals surface area (Å²) in [6.45, 7) is 2.15. The van der Waals surface area contributed by atoms with E-state index in [1.807, 2.05) is 0 Å². The lowest BCUT2D eigenvalue weighted by Gasteiger charge is -2.26. The van der Waals surface area contributed by atoms with Crippen molar-refractivity contribution in [2.45, 2.75) is 25.3 Å². The number of hydrogen-bond donors (Lipinski definition) is 1. The molecular weight excluding hydrogens is 206 g/mol. The van der Waals surface area contributed by atoms with Gasteiger partial charge in [0.1, 0.15) is 0 Å². The minimum Gasteiger partial charge on any atom is -0.321 e. The van der Waals surface area contributed by atoms with Gasteiger partial charge in [0.2, 0.25) is 0 Å². The first-order chi connectivity index (χ1) is 8.19. The van der Waals surface area contributed by atoms with E-state index >= 15 is 0 Å². The average Bonchev–Trinajstić information content (AvgIpc) is 2.66. The fourth-order valence-electron chi connectivity index (χ4n) is 2.97. The van der Waals surface area contributed by atoms with Crippen LogP contribution >= 0.6 is 0 Å². The van der Waals surface area contributed by atoms with Crippen LogP contribution in [0.4, 0.5) is 0 Å². The highest BCUT2D eigenvalue weighted by Gasteiger charge is 2.35. The van der Waals surface area contributed by atoms with Crippen molar-refractivity contribution in [2.75, 3.05) is 0 Å². The Hall–Kier alpha value is -1.60. The molecule has 0 fully saturated rings. The Kier molecular flexibility index (Phi) is 2.30. The zero-order chi connectivity index (χ0) is 11.9. The Balaban J connectivity index is 2.05. The van der Waals surface area contributed by atoms with Gasteiger partial charge in [-0.05, 0) is 42.0 Å². The van der Waals surface area contributed by atoms with Crippen LogP contribution in [0.3, 0.4) is 0 Å². The molecule has 0 bridgehead atoms. The Morgan fingerprint density at radius 3 is 2.00 bits per heavy atom. The van der Waals surface area contributed by atoms with Gasteiger partial charge in [-0.25, -0.2) is 0 Å². The summed E-state index contributed by atoms with van der Waals surface area (Å²) in [6, 6.07) is 17.1. The molecule has 2 N–H and O–H groups in total. The number of fused-ring (bicyclic) bond motifs is 1. The van der Waals surface area contributed by atoms with E-state index in [-0.39, 0.29) is 5.54 Å². The summed E-state index contributed by atoms with van der Waals surface area (Å²) in [7, 11) is 0. The summed E-state index contributed by atoms with van der Waals surface area (Å²) in [5.74, 6) is 0. The summed E-state index contributed by atoms with van der Waals surface area (Å²) >= 11 is 0. The fourth-order valence-corrected chi connectivity index (χ4v) is 2.97. The number of aryl methyl sites for hydroxylation is 1. The van der Waals surface area contributed by atoms with Crippen molar-refractivity contribution in [1.82, 2.24) is 0 Å². The maximum absolute atomic E-state index is 6.63. The van der Waals surface area contributed by atoms with Crippen molar-refractivity contribution >= 4 is 0 Å². The molecule has 0 radical (unpaired) electrons. The molecule has 86 valence electrons. The number of hydrogen-bond acceptors (Lipinski definition) is 1. The second kappa shape index (κ2) is 3.71. The molecule has 2 aromatic carbocycles. The van der Waals surface area contributed by atoms with Crippen LogP contribution in [0.1, 0.15) is 22.3 Å². The first-order valence-electron chi connectivity index (χ1n) is 6.11. The van der Waals surface area contributed by atoms with Crippen molar-refractivity contribution in [3.8, 4) is 0 Å². The van der Waals surface area contributed by atoms with E-state index < -0.39 is 0 Å². The van der Waals surface area contributed by atoms with Gasteiger partial charge < -0.3 is 5.73 Å². The zero-order valence-corrected chi connectivity index (χ0v) is 10.1. The van der Waals surface area contributed by atoms with Crippen LogP contribution in [-0.4, -0.2) is 0 Å². The topological polar surface area (TPSA) is 26.0 Å². The molecule has 17 heavy (non-hydrogen) atoms. The van der Waals surface area contributed by atoms with Gasteiger partial charge in [-0.1, -0.05) is 48.5 Å². The van der Waals surface area contributed by atoms with Gasteiger partial charge in [-0.2, -0.15) is 0 Å². The monoisotopic (exact) mass is 223 g/mol. The molecule has 1 aliphatic rings. The molecule has 0 saturated heterocycles. The molecule has 0 aliphatic heterocycles. The van der Waals surface area contributed by atoms with Crippen LogP contribution in [0.15, 0.2) is 48.5 Å². The van der Waals surface area contributed by atoms with Crippen LogP contribution in [0.25, 0.3) is 0 Å². The van der Waals surface area contributed by atoms with Crippen LogP contribution in [-0.2, 0) is 18.4 Å². The van der Waals surface area contributed by atoms with E-state index in [2.05, 4.69) is 55.5 Å². The molecule has 0 heterocycles. The summed E-state index contributed by atoms with van der Waals surface area (Å²) in [6.07, 6.45) is 1.90. The fraction of sp³-hybridized carbons (Fsp3) is 0.250. The lowest BCUT2D eigenvalue weighted by molar-refractivity contribution is 0.470. The van der Waals surface area contributed by atoms with Crippen molar-refractivity contribution in [3.05, 3.63) is 70.8 Å². The number of rotatable bonds is 1. The van der Waals surface area contributed by atoms with Gasteiger partial charge in [-0.15, -0.1) is 0 Å². The van der Waals surface area contributed by atoms with Crippen molar-refractivity contribution in [3.63, 3.8) is 0 Å². The van der Waals surface area contributed by atoms with Crippen molar-refractivity contribution in [1.29, 1.82) is 0 Å². The standard InChI is InChI=1S/C16H17N/c1-12-6-2-5-9-15(12)16(17)10-13-7-3-4-8-14(13)11-16/h2-9H,10-11,17H2,1H3. The highest BCUT2D eigenvalue weighted by atomic mass is 14.8. The van der Waals surface area contributed by atoms with Gasteiger partial charge in [0.05, 0.1) is 0 Å². The van der Waals surface area contributed by atoms with E-state index in [1.54, 1.807) is 0 Å². The van der Waals surface area contributed by atoms with Gasteiger partial charge in [0.25, 0.3) is 0 Å². The summed E-state index contributed by atoms with van der Waals surface area (Å²) in [5, 5.41) is 0. The van der Waals surface area contributed by atoms with Crippen molar-refractivity contribution in [2.24, 2.45) is 5.73 Å². The summed E-state index contributed by atoms with van der Waals surface area (Å²) in [5.41, 5.74) is 11.8. The van der Waals surface area contributed by atoms with E-state index in [1.165, 1.54) is 22.3 Å². The van der Waals surface area contributed by atoms with Crippen LogP contribution in [0.2, 0.25) is 0 Å². The van der Waals surface area contributed by atoms with E-state index in [0.29, 0.717) is 0 Å². The zero-order valence-electron chi connectivity index (χ0n) is 10.1. The third kappa shape index (κ3) is 1.67. The van der Waals surface area contributed by atoms with E-state index in [9.17, 15) is 0 Å². The van der Waals surface area contributed by atoms with Gasteiger partial charge in [0, 0.05) is 5.54 Å². The number of benzene rings is 2. The van der Waals surface area contributed by atoms with Crippen LogP contribution < -0.4 is 5.73 Å². The molecule has 0 unspecified atom stereocenters. The summed E-state index contributed by atoms with van der Waals surface area (Å²) < 4.78 is 0. The van der Waals surface area contributed by atoms with Gasteiger partial charge >= 0.3 is 0 Å². The maximum Gasteiger partial charge on any atom is 0.0494 e. The highest BCUT2D eigenvalue weighted by molar-refractivity contribution is 5.43. The van der Waals surface area contributed by atoms with Gasteiger partial charge in [0.15, 0.2) is 0 Å². The lowest BCUT2D eigenvalue weighted by Crippen LogP contribution is -2.38. The molecule has 1 aliphatic carbocycles.